The van der Waals surface area contributed by atoms with Crippen LogP contribution in [0.4, 0.5) is 0 Å². The Morgan fingerprint density at radius 3 is 2.50 bits per heavy atom. The molecule has 0 spiro atoms. The normalized spacial score (nSPS) is 14.3. The molecule has 1 aromatic heterocycles. The molecule has 0 fully saturated rings. The number of esters is 1. The van der Waals surface area contributed by atoms with Crippen LogP contribution in [0.25, 0.3) is 0 Å². The van der Waals surface area contributed by atoms with Crippen LogP contribution in [0.5, 0.6) is 0 Å². The third-order valence-electron chi connectivity index (χ3n) is 1.89. The third kappa shape index (κ3) is 3.56. The molecule has 3 N–H and O–H groups in total. The summed E-state index contributed by atoms with van der Waals surface area (Å²) in [7, 11) is -4.57. The Kier molecular flexibility index (Phi) is 3.84. The lowest BCUT2D eigenvalue weighted by Gasteiger charge is -2.21. The van der Waals surface area contributed by atoms with Crippen LogP contribution >= 0.6 is 0 Å². The van der Waals surface area contributed by atoms with Gasteiger partial charge in [-0.3, -0.25) is 4.55 Å². The van der Waals surface area contributed by atoms with E-state index < -0.39 is 32.8 Å². The molecule has 0 aliphatic carbocycles. The van der Waals surface area contributed by atoms with Crippen LogP contribution in [0.3, 0.4) is 0 Å². The fraction of sp³-hybridized carbons (Fsp3) is 0.500. The monoisotopic (exact) mass is 277 g/mol. The summed E-state index contributed by atoms with van der Waals surface area (Å²) in [6.45, 7) is 4.95. The van der Waals surface area contributed by atoms with Crippen LogP contribution in [0.2, 0.25) is 0 Å². The van der Waals surface area contributed by atoms with Gasteiger partial charge in [-0.25, -0.2) is 4.79 Å². The minimum absolute atomic E-state index is 0.147. The van der Waals surface area contributed by atoms with Gasteiger partial charge in [0.25, 0.3) is 0 Å². The van der Waals surface area contributed by atoms with Gasteiger partial charge in [-0.1, -0.05) is 0 Å². The van der Waals surface area contributed by atoms with Gasteiger partial charge in [0.2, 0.25) is 5.09 Å². The summed E-state index contributed by atoms with van der Waals surface area (Å²) in [6, 6.07) is -0.155. The molecule has 8 heteroatoms. The maximum Gasteiger partial charge on any atom is 0.328 e. The van der Waals surface area contributed by atoms with E-state index in [1.807, 2.05) is 0 Å². The molecule has 18 heavy (non-hydrogen) atoms. The molecule has 102 valence electrons. The highest BCUT2D eigenvalue weighted by Crippen LogP contribution is 2.24. The predicted molar refractivity (Wildman–Crippen MR) is 61.3 cm³/mol. The maximum absolute atomic E-state index is 11.7. The van der Waals surface area contributed by atoms with E-state index in [-0.39, 0.29) is 5.56 Å². The lowest BCUT2D eigenvalue weighted by Crippen LogP contribution is -2.32. The van der Waals surface area contributed by atoms with E-state index >= 15 is 0 Å². The van der Waals surface area contributed by atoms with Crippen LogP contribution in [0, 0.1) is 0 Å². The van der Waals surface area contributed by atoms with Gasteiger partial charge in [0, 0.05) is 5.56 Å². The summed E-state index contributed by atoms with van der Waals surface area (Å²) in [4.78, 5) is 11.7. The fourth-order valence-electron chi connectivity index (χ4n) is 1.24. The second-order valence-electron chi connectivity index (χ2n) is 4.65. The van der Waals surface area contributed by atoms with E-state index in [9.17, 15) is 13.2 Å². The number of hydrogen-bond donors (Lipinski definition) is 2. The highest BCUT2D eigenvalue weighted by atomic mass is 32.2. The highest BCUT2D eigenvalue weighted by molar-refractivity contribution is 7.85. The van der Waals surface area contributed by atoms with Crippen molar-refractivity contribution in [3.8, 4) is 0 Å². The molecular formula is C10H15NO6S. The first-order valence-electron chi connectivity index (χ1n) is 5.05. The topological polar surface area (TPSA) is 120 Å². The van der Waals surface area contributed by atoms with E-state index in [1.165, 1.54) is 6.07 Å². The third-order valence-corrected chi connectivity index (χ3v) is 2.69. The summed E-state index contributed by atoms with van der Waals surface area (Å²) in [5.41, 5.74) is 4.68. The van der Waals surface area contributed by atoms with Crippen molar-refractivity contribution < 1.29 is 26.9 Å². The molecule has 1 heterocycles. The summed E-state index contributed by atoms with van der Waals surface area (Å²) in [6.07, 6.45) is 1.02. The molecule has 1 rings (SSSR count). The van der Waals surface area contributed by atoms with Crippen molar-refractivity contribution in [2.75, 3.05) is 0 Å². The Hall–Kier alpha value is -1.38. The first kappa shape index (κ1) is 14.7. The average Bonchev–Trinajstić information content (AvgIpc) is 2.60. The number of carbonyl (C=O) groups is 1. The standard InChI is InChI=1S/C10H15NO6S/c1-10(2,3)17-8(12)7(11)6-4-5-16-9(6)18(13,14)15/h4-5,7H,11H2,1-3H3,(H,13,14,15). The molecule has 1 atom stereocenters. The first-order chi connectivity index (χ1) is 8.02. The van der Waals surface area contributed by atoms with E-state index in [4.69, 9.17) is 15.0 Å². The van der Waals surface area contributed by atoms with Gasteiger partial charge in [-0.2, -0.15) is 8.42 Å². The number of rotatable bonds is 3. The lowest BCUT2D eigenvalue weighted by atomic mass is 10.1. The molecule has 1 unspecified atom stereocenters. The van der Waals surface area contributed by atoms with Crippen molar-refractivity contribution in [1.82, 2.24) is 0 Å². The van der Waals surface area contributed by atoms with Crippen LogP contribution in [0.1, 0.15) is 32.4 Å². The molecule has 0 aliphatic heterocycles. The van der Waals surface area contributed by atoms with Gasteiger partial charge in [-0.15, -0.1) is 0 Å². The Bertz CT molecular complexity index is 539. The van der Waals surface area contributed by atoms with E-state index in [1.54, 1.807) is 20.8 Å². The van der Waals surface area contributed by atoms with Gasteiger partial charge in [0.05, 0.1) is 6.26 Å². The van der Waals surface area contributed by atoms with Gasteiger partial charge < -0.3 is 14.9 Å². The maximum atomic E-state index is 11.7. The fourth-order valence-corrected chi connectivity index (χ4v) is 1.91. The average molecular weight is 277 g/mol. The van der Waals surface area contributed by atoms with Crippen molar-refractivity contribution in [2.45, 2.75) is 37.5 Å². The number of nitrogens with two attached hydrogens (primary N) is 1. The van der Waals surface area contributed by atoms with Crippen LogP contribution < -0.4 is 5.73 Å². The van der Waals surface area contributed by atoms with Gasteiger partial charge in [0.1, 0.15) is 11.6 Å². The number of hydrogen-bond acceptors (Lipinski definition) is 6. The van der Waals surface area contributed by atoms with Crippen molar-refractivity contribution in [3.63, 3.8) is 0 Å². The van der Waals surface area contributed by atoms with Crippen molar-refractivity contribution in [3.05, 3.63) is 17.9 Å². The molecule has 0 aliphatic rings. The van der Waals surface area contributed by atoms with E-state index in [0.717, 1.165) is 6.26 Å². The lowest BCUT2D eigenvalue weighted by molar-refractivity contribution is -0.156. The molecule has 0 aromatic carbocycles. The summed E-state index contributed by atoms with van der Waals surface area (Å²) in [5.74, 6) is -0.811. The van der Waals surface area contributed by atoms with Crippen LogP contribution in [-0.4, -0.2) is 24.5 Å². The Labute approximate surface area is 105 Å². The van der Waals surface area contributed by atoms with Gasteiger partial charge in [-0.05, 0) is 26.8 Å². The smallest absolute Gasteiger partial charge is 0.328 e. The SMILES string of the molecule is CC(C)(C)OC(=O)C(N)c1ccoc1S(=O)(=O)O. The van der Waals surface area contributed by atoms with Crippen molar-refractivity contribution in [2.24, 2.45) is 5.73 Å². The molecule has 0 bridgehead atoms. The van der Waals surface area contributed by atoms with E-state index in [2.05, 4.69) is 4.42 Å². The van der Waals surface area contributed by atoms with Gasteiger partial charge >= 0.3 is 16.1 Å². The van der Waals surface area contributed by atoms with Crippen molar-refractivity contribution in [1.29, 1.82) is 0 Å². The quantitative estimate of drug-likeness (QED) is 0.621. The molecular weight excluding hydrogens is 262 g/mol. The van der Waals surface area contributed by atoms with E-state index in [0.29, 0.717) is 0 Å². The van der Waals surface area contributed by atoms with Crippen LogP contribution in [-0.2, 0) is 19.6 Å². The summed E-state index contributed by atoms with van der Waals surface area (Å²) < 4.78 is 40.5. The molecule has 1 aromatic rings. The second-order valence-corrected chi connectivity index (χ2v) is 5.97. The minimum atomic E-state index is -4.57. The molecule has 0 amide bonds. The number of furan rings is 1. The molecule has 0 saturated carbocycles. The molecule has 7 nitrogen and oxygen atoms in total. The molecule has 0 radical (unpaired) electrons. The first-order valence-corrected chi connectivity index (χ1v) is 6.49. The zero-order chi connectivity index (χ0) is 14.1. The predicted octanol–water partition coefficient (Wildman–Crippen LogP) is 0.868. The summed E-state index contributed by atoms with van der Waals surface area (Å²) in [5, 5.41) is -0.749. The zero-order valence-corrected chi connectivity index (χ0v) is 11.0. The zero-order valence-electron chi connectivity index (χ0n) is 10.2. The number of ether oxygens (including phenoxy) is 1. The Morgan fingerprint density at radius 1 is 1.50 bits per heavy atom. The Morgan fingerprint density at radius 2 is 2.06 bits per heavy atom. The largest absolute Gasteiger partial charge is 0.459 e. The minimum Gasteiger partial charge on any atom is -0.459 e. The van der Waals surface area contributed by atoms with Gasteiger partial charge in [0.15, 0.2) is 0 Å². The van der Waals surface area contributed by atoms with Crippen molar-refractivity contribution >= 4 is 16.1 Å². The summed E-state index contributed by atoms with van der Waals surface area (Å²) >= 11 is 0. The number of carbonyl (C=O) groups excluding carboxylic acids is 1. The second kappa shape index (κ2) is 4.71. The molecule has 0 saturated heterocycles. The Balaban J connectivity index is 3.02. The van der Waals surface area contributed by atoms with Crippen LogP contribution in [0.15, 0.2) is 21.8 Å². The highest BCUT2D eigenvalue weighted by Gasteiger charge is 2.30.